The third-order valence-electron chi connectivity index (χ3n) is 2.94. The highest BCUT2D eigenvalue weighted by atomic mass is 16.8. The first-order chi connectivity index (χ1) is 8.00. The first-order valence-corrected chi connectivity index (χ1v) is 6.17. The van der Waals surface area contributed by atoms with Crippen molar-refractivity contribution in [2.24, 2.45) is 0 Å². The smallest absolute Gasteiger partial charge is 0.305 e. The molecular formula is C12H20O5. The molecule has 0 radical (unpaired) electrons. The van der Waals surface area contributed by atoms with Gasteiger partial charge in [-0.2, -0.15) is 0 Å². The summed E-state index contributed by atoms with van der Waals surface area (Å²) in [5, 5.41) is 0. The van der Waals surface area contributed by atoms with Crippen LogP contribution in [-0.2, 0) is 23.7 Å². The second-order valence-corrected chi connectivity index (χ2v) is 4.88. The van der Waals surface area contributed by atoms with Crippen LogP contribution in [0.4, 0.5) is 0 Å². The van der Waals surface area contributed by atoms with E-state index in [0.717, 1.165) is 6.42 Å². The summed E-state index contributed by atoms with van der Waals surface area (Å²) in [4.78, 5) is 11.2. The molecule has 0 saturated carbocycles. The van der Waals surface area contributed by atoms with E-state index in [0.29, 0.717) is 19.4 Å². The van der Waals surface area contributed by atoms with E-state index in [4.69, 9.17) is 18.9 Å². The number of rotatable bonds is 4. The molecule has 0 unspecified atom stereocenters. The number of carbonyl (C=O) groups excluding carboxylic acids is 1. The van der Waals surface area contributed by atoms with Crippen molar-refractivity contribution in [1.29, 1.82) is 0 Å². The van der Waals surface area contributed by atoms with Gasteiger partial charge in [-0.25, -0.2) is 0 Å². The molecule has 0 aromatic rings. The quantitative estimate of drug-likeness (QED) is 0.703. The average Bonchev–Trinajstić information content (AvgIpc) is 2.68. The van der Waals surface area contributed by atoms with E-state index in [2.05, 4.69) is 0 Å². The molecule has 2 heterocycles. The Morgan fingerprint density at radius 2 is 2.18 bits per heavy atom. The minimum atomic E-state index is -0.554. The van der Waals surface area contributed by atoms with Gasteiger partial charge in [0.15, 0.2) is 12.1 Å². The van der Waals surface area contributed by atoms with Crippen LogP contribution >= 0.6 is 0 Å². The van der Waals surface area contributed by atoms with Crippen molar-refractivity contribution in [2.45, 2.75) is 64.3 Å². The Balaban J connectivity index is 1.72. The third-order valence-corrected chi connectivity index (χ3v) is 2.94. The number of hydrogen-bond donors (Lipinski definition) is 0. The van der Waals surface area contributed by atoms with Gasteiger partial charge in [0.1, 0.15) is 6.10 Å². The van der Waals surface area contributed by atoms with Crippen molar-refractivity contribution in [3.05, 3.63) is 0 Å². The van der Waals surface area contributed by atoms with E-state index in [1.54, 1.807) is 6.92 Å². The molecule has 0 aromatic heterocycles. The van der Waals surface area contributed by atoms with Gasteiger partial charge < -0.3 is 18.9 Å². The van der Waals surface area contributed by atoms with Crippen LogP contribution in [-0.4, -0.2) is 36.9 Å². The first kappa shape index (κ1) is 12.8. The lowest BCUT2D eigenvalue weighted by Crippen LogP contribution is -2.25. The lowest BCUT2D eigenvalue weighted by molar-refractivity contribution is -0.205. The van der Waals surface area contributed by atoms with Crippen LogP contribution in [0.3, 0.4) is 0 Å². The molecule has 2 rings (SSSR count). The average molecular weight is 244 g/mol. The fourth-order valence-electron chi connectivity index (χ4n) is 2.28. The van der Waals surface area contributed by atoms with Gasteiger partial charge in [-0.15, -0.1) is 0 Å². The maximum Gasteiger partial charge on any atom is 0.305 e. The largest absolute Gasteiger partial charge is 0.466 e. The summed E-state index contributed by atoms with van der Waals surface area (Å²) in [6.07, 6.45) is 1.59. The Kier molecular flexibility index (Phi) is 3.70. The second-order valence-electron chi connectivity index (χ2n) is 4.88. The van der Waals surface area contributed by atoms with Crippen molar-refractivity contribution < 1.29 is 23.7 Å². The van der Waals surface area contributed by atoms with Crippen LogP contribution in [0.25, 0.3) is 0 Å². The van der Waals surface area contributed by atoms with Crippen LogP contribution in [0.1, 0.15) is 40.0 Å². The molecule has 0 aliphatic carbocycles. The minimum Gasteiger partial charge on any atom is -0.466 e. The molecule has 5 nitrogen and oxygen atoms in total. The normalized spacial score (nSPS) is 34.6. The number of fused-ring (bicyclic) bond motifs is 1. The van der Waals surface area contributed by atoms with E-state index in [-0.39, 0.29) is 24.5 Å². The Bertz CT molecular complexity index is 273. The zero-order valence-corrected chi connectivity index (χ0v) is 10.6. The van der Waals surface area contributed by atoms with Crippen LogP contribution in [0, 0.1) is 0 Å². The van der Waals surface area contributed by atoms with E-state index in [1.165, 1.54) is 0 Å². The topological polar surface area (TPSA) is 54.0 Å². The summed E-state index contributed by atoms with van der Waals surface area (Å²) in [7, 11) is 0. The number of esters is 1. The lowest BCUT2D eigenvalue weighted by atomic mass is 10.1. The maximum atomic E-state index is 11.2. The minimum absolute atomic E-state index is 0.00260. The van der Waals surface area contributed by atoms with Gasteiger partial charge in [0.2, 0.25) is 0 Å². The van der Waals surface area contributed by atoms with E-state index in [1.807, 2.05) is 13.8 Å². The molecule has 2 aliphatic rings. The summed E-state index contributed by atoms with van der Waals surface area (Å²) < 4.78 is 21.9. The lowest BCUT2D eigenvalue weighted by Gasteiger charge is -2.20. The Hall–Kier alpha value is -0.650. The molecule has 5 heteroatoms. The highest BCUT2D eigenvalue weighted by Gasteiger charge is 2.48. The molecule has 17 heavy (non-hydrogen) atoms. The maximum absolute atomic E-state index is 11.2. The standard InChI is InChI=1S/C12H20O5/c1-4-14-10(13)6-5-8-7-9-11(15-8)17-12(2,3)16-9/h8-9,11H,4-7H2,1-3H3/t8-,9-,11-/m1/s1. The molecule has 0 N–H and O–H groups in total. The first-order valence-electron chi connectivity index (χ1n) is 6.17. The third kappa shape index (κ3) is 3.18. The van der Waals surface area contributed by atoms with Crippen molar-refractivity contribution >= 4 is 5.97 Å². The Morgan fingerprint density at radius 3 is 2.82 bits per heavy atom. The SMILES string of the molecule is CCOC(=O)CC[C@@H]1C[C@H]2OC(C)(C)O[C@H]2O1. The zero-order valence-electron chi connectivity index (χ0n) is 10.6. The van der Waals surface area contributed by atoms with Crippen molar-refractivity contribution in [3.63, 3.8) is 0 Å². The van der Waals surface area contributed by atoms with Gasteiger partial charge in [-0.1, -0.05) is 0 Å². The Labute approximate surface area is 101 Å². The summed E-state index contributed by atoms with van der Waals surface area (Å²) in [6, 6.07) is 0. The van der Waals surface area contributed by atoms with Crippen molar-refractivity contribution in [1.82, 2.24) is 0 Å². The molecule has 0 aromatic carbocycles. The summed E-state index contributed by atoms with van der Waals surface area (Å²) >= 11 is 0. The van der Waals surface area contributed by atoms with Gasteiger partial charge in [0.25, 0.3) is 0 Å². The number of carbonyl (C=O) groups is 1. The number of hydrogen-bond acceptors (Lipinski definition) is 5. The van der Waals surface area contributed by atoms with E-state index >= 15 is 0 Å². The number of ether oxygens (including phenoxy) is 4. The summed E-state index contributed by atoms with van der Waals surface area (Å²) in [6.45, 7) is 5.98. The summed E-state index contributed by atoms with van der Waals surface area (Å²) in [5.74, 6) is -0.725. The van der Waals surface area contributed by atoms with Gasteiger partial charge in [0, 0.05) is 12.8 Å². The monoisotopic (exact) mass is 244 g/mol. The Morgan fingerprint density at radius 1 is 1.41 bits per heavy atom. The van der Waals surface area contributed by atoms with Gasteiger partial charge in [0.05, 0.1) is 12.7 Å². The highest BCUT2D eigenvalue weighted by Crippen LogP contribution is 2.38. The van der Waals surface area contributed by atoms with Gasteiger partial charge >= 0.3 is 5.97 Å². The molecule has 0 bridgehead atoms. The molecule has 3 atom stereocenters. The highest BCUT2D eigenvalue weighted by molar-refractivity contribution is 5.69. The predicted molar refractivity (Wildman–Crippen MR) is 59.2 cm³/mol. The molecule has 2 aliphatic heterocycles. The predicted octanol–water partition coefficient (Wildman–Crippen LogP) is 1.60. The molecule has 2 saturated heterocycles. The van der Waals surface area contributed by atoms with Crippen LogP contribution in [0.5, 0.6) is 0 Å². The fourth-order valence-corrected chi connectivity index (χ4v) is 2.28. The van der Waals surface area contributed by atoms with Crippen molar-refractivity contribution in [3.8, 4) is 0 Å². The molecule has 2 fully saturated rings. The summed E-state index contributed by atoms with van der Waals surface area (Å²) in [5.41, 5.74) is 0. The fraction of sp³-hybridized carbons (Fsp3) is 0.917. The molecule has 0 spiro atoms. The van der Waals surface area contributed by atoms with E-state index < -0.39 is 5.79 Å². The molecular weight excluding hydrogens is 224 g/mol. The zero-order chi connectivity index (χ0) is 12.5. The van der Waals surface area contributed by atoms with E-state index in [9.17, 15) is 4.79 Å². The van der Waals surface area contributed by atoms with Gasteiger partial charge in [-0.05, 0) is 27.2 Å². The van der Waals surface area contributed by atoms with Crippen LogP contribution in [0.2, 0.25) is 0 Å². The molecule has 0 amide bonds. The van der Waals surface area contributed by atoms with Gasteiger partial charge in [-0.3, -0.25) is 4.79 Å². The van der Waals surface area contributed by atoms with Crippen LogP contribution < -0.4 is 0 Å². The van der Waals surface area contributed by atoms with Crippen molar-refractivity contribution in [2.75, 3.05) is 6.61 Å². The second kappa shape index (κ2) is 4.92. The van der Waals surface area contributed by atoms with Crippen LogP contribution in [0.15, 0.2) is 0 Å². The molecule has 98 valence electrons.